The fourth-order valence-electron chi connectivity index (χ4n) is 2.97. The van der Waals surface area contributed by atoms with Crippen molar-refractivity contribution >= 4 is 5.97 Å². The van der Waals surface area contributed by atoms with Crippen LogP contribution < -0.4 is 5.32 Å². The maximum absolute atomic E-state index is 12.4. The zero-order valence-electron chi connectivity index (χ0n) is 14.6. The molecule has 1 N–H and O–H groups in total. The Morgan fingerprint density at radius 2 is 1.86 bits per heavy atom. The minimum atomic E-state index is -0.624. The number of hydrogen-bond acceptors (Lipinski definition) is 5. The number of carbonyl (C=O) groups excluding carboxylic acids is 1. The van der Waals surface area contributed by atoms with Crippen molar-refractivity contribution in [1.82, 2.24) is 15.1 Å². The van der Waals surface area contributed by atoms with E-state index >= 15 is 0 Å². The minimum Gasteiger partial charge on any atom is -0.465 e. The van der Waals surface area contributed by atoms with E-state index in [1.165, 1.54) is 0 Å². The summed E-state index contributed by atoms with van der Waals surface area (Å²) in [4.78, 5) is 17.1. The van der Waals surface area contributed by atoms with Gasteiger partial charge in [0.25, 0.3) is 0 Å². The Bertz CT molecular complexity index is 325. The minimum absolute atomic E-state index is 0.141. The predicted octanol–water partition coefficient (Wildman–Crippen LogP) is 1.33. The molecule has 21 heavy (non-hydrogen) atoms. The average molecular weight is 299 g/mol. The van der Waals surface area contributed by atoms with Crippen LogP contribution in [0.3, 0.4) is 0 Å². The first kappa shape index (κ1) is 18.4. The molecule has 3 unspecified atom stereocenters. The third-order valence-electron chi connectivity index (χ3n) is 4.47. The van der Waals surface area contributed by atoms with Gasteiger partial charge in [0.1, 0.15) is 5.54 Å². The fraction of sp³-hybridized carbons (Fsp3) is 0.938. The number of hydrogen-bond donors (Lipinski definition) is 1. The quantitative estimate of drug-likeness (QED) is 0.719. The second-order valence-electron chi connectivity index (χ2n) is 6.54. The molecule has 5 heteroatoms. The van der Waals surface area contributed by atoms with Gasteiger partial charge in [-0.1, -0.05) is 6.92 Å². The highest BCUT2D eigenvalue weighted by atomic mass is 16.5. The zero-order valence-corrected chi connectivity index (χ0v) is 14.6. The number of rotatable bonds is 7. The van der Waals surface area contributed by atoms with Gasteiger partial charge in [0.2, 0.25) is 0 Å². The molecule has 1 fully saturated rings. The molecule has 0 saturated carbocycles. The summed E-state index contributed by atoms with van der Waals surface area (Å²) in [6, 6.07) is 1.01. The van der Waals surface area contributed by atoms with Crippen molar-refractivity contribution in [3.05, 3.63) is 0 Å². The van der Waals surface area contributed by atoms with Gasteiger partial charge < -0.3 is 10.1 Å². The molecule has 0 aromatic carbocycles. The van der Waals surface area contributed by atoms with Gasteiger partial charge in [-0.2, -0.15) is 0 Å². The molecule has 0 spiro atoms. The molecule has 1 heterocycles. The molecule has 0 aliphatic carbocycles. The molecule has 1 aliphatic heterocycles. The van der Waals surface area contributed by atoms with Gasteiger partial charge in [0, 0.05) is 31.7 Å². The Balaban J connectivity index is 2.74. The first-order valence-corrected chi connectivity index (χ1v) is 8.20. The van der Waals surface area contributed by atoms with Crippen molar-refractivity contribution in [1.29, 1.82) is 0 Å². The highest BCUT2D eigenvalue weighted by Gasteiger charge is 2.38. The van der Waals surface area contributed by atoms with Crippen molar-refractivity contribution in [2.75, 3.05) is 39.8 Å². The lowest BCUT2D eigenvalue weighted by molar-refractivity contribution is -0.151. The summed E-state index contributed by atoms with van der Waals surface area (Å²) in [5.74, 6) is -0.141. The van der Waals surface area contributed by atoms with E-state index in [1.807, 2.05) is 13.8 Å². The molecule has 1 rings (SSSR count). The first-order valence-electron chi connectivity index (χ1n) is 8.20. The van der Waals surface area contributed by atoms with E-state index in [0.29, 0.717) is 25.2 Å². The van der Waals surface area contributed by atoms with Crippen LogP contribution in [0.25, 0.3) is 0 Å². The van der Waals surface area contributed by atoms with Gasteiger partial charge >= 0.3 is 5.97 Å². The molecule has 1 aliphatic rings. The molecule has 0 amide bonds. The highest BCUT2D eigenvalue weighted by molar-refractivity contribution is 5.80. The van der Waals surface area contributed by atoms with Crippen molar-refractivity contribution in [2.45, 2.75) is 58.7 Å². The lowest BCUT2D eigenvalue weighted by atomic mass is 9.99. The summed E-state index contributed by atoms with van der Waals surface area (Å²) in [5, 5.41) is 3.39. The topological polar surface area (TPSA) is 44.8 Å². The van der Waals surface area contributed by atoms with Crippen LogP contribution in [0.1, 0.15) is 41.0 Å². The average Bonchev–Trinajstić information content (AvgIpc) is 2.42. The van der Waals surface area contributed by atoms with Crippen molar-refractivity contribution in [3.63, 3.8) is 0 Å². The molecular weight excluding hydrogens is 266 g/mol. The summed E-state index contributed by atoms with van der Waals surface area (Å²) in [7, 11) is 2.17. The summed E-state index contributed by atoms with van der Waals surface area (Å²) >= 11 is 0. The standard InChI is InChI=1S/C16H33N3O2/c1-7-9-17-16(5,15(20)21-8-2)12-19-10-13(3)18(6)14(4)11-19/h13-14,17H,7-12H2,1-6H3. The number of esters is 1. The van der Waals surface area contributed by atoms with Gasteiger partial charge in [-0.15, -0.1) is 0 Å². The Kier molecular flexibility index (Phi) is 7.10. The third kappa shape index (κ3) is 4.94. The summed E-state index contributed by atoms with van der Waals surface area (Å²) < 4.78 is 5.28. The normalized spacial score (nSPS) is 27.3. The Hall–Kier alpha value is -0.650. The number of nitrogens with one attached hydrogen (secondary N) is 1. The molecule has 0 bridgehead atoms. The molecule has 0 radical (unpaired) electrons. The van der Waals surface area contributed by atoms with Crippen LogP contribution in [0.4, 0.5) is 0 Å². The molecule has 0 aromatic heterocycles. The van der Waals surface area contributed by atoms with Gasteiger partial charge in [-0.3, -0.25) is 14.6 Å². The highest BCUT2D eigenvalue weighted by Crippen LogP contribution is 2.17. The number of ether oxygens (including phenoxy) is 1. The first-order chi connectivity index (χ1) is 9.84. The summed E-state index contributed by atoms with van der Waals surface area (Å²) in [6.45, 7) is 14.4. The van der Waals surface area contributed by atoms with Crippen molar-refractivity contribution < 1.29 is 9.53 Å². The van der Waals surface area contributed by atoms with Gasteiger partial charge in [0.05, 0.1) is 6.61 Å². The Morgan fingerprint density at radius 1 is 1.29 bits per heavy atom. The largest absolute Gasteiger partial charge is 0.465 e. The van der Waals surface area contributed by atoms with Crippen LogP contribution in [0.5, 0.6) is 0 Å². The number of likely N-dealkylation sites (N-methyl/N-ethyl adjacent to an activating group) is 1. The van der Waals surface area contributed by atoms with E-state index in [1.54, 1.807) is 0 Å². The second-order valence-corrected chi connectivity index (χ2v) is 6.54. The fourth-order valence-corrected chi connectivity index (χ4v) is 2.97. The van der Waals surface area contributed by atoms with Crippen molar-refractivity contribution in [3.8, 4) is 0 Å². The zero-order chi connectivity index (χ0) is 16.0. The summed E-state index contributed by atoms with van der Waals surface area (Å²) in [5.41, 5.74) is -0.624. The SMILES string of the molecule is CCCNC(C)(CN1CC(C)N(C)C(C)C1)C(=O)OCC. The number of nitrogens with zero attached hydrogens (tertiary/aromatic N) is 2. The van der Waals surface area contributed by atoms with Crippen LogP contribution >= 0.6 is 0 Å². The molecule has 5 nitrogen and oxygen atoms in total. The van der Waals surface area contributed by atoms with Gasteiger partial charge in [-0.05, 0) is 47.7 Å². The number of carbonyl (C=O) groups is 1. The van der Waals surface area contributed by atoms with Crippen LogP contribution in [-0.4, -0.2) is 73.2 Å². The maximum Gasteiger partial charge on any atom is 0.327 e. The lowest BCUT2D eigenvalue weighted by Gasteiger charge is -2.45. The molecule has 3 atom stereocenters. The molecule has 1 saturated heterocycles. The van der Waals surface area contributed by atoms with E-state index in [2.05, 4.69) is 42.9 Å². The number of piperazine rings is 1. The van der Waals surface area contributed by atoms with Crippen LogP contribution in [0, 0.1) is 0 Å². The lowest BCUT2D eigenvalue weighted by Crippen LogP contribution is -2.63. The monoisotopic (exact) mass is 299 g/mol. The molecular formula is C16H33N3O2. The Labute approximate surface area is 130 Å². The smallest absolute Gasteiger partial charge is 0.327 e. The van der Waals surface area contributed by atoms with E-state index in [0.717, 1.165) is 26.1 Å². The van der Waals surface area contributed by atoms with Gasteiger partial charge in [0.15, 0.2) is 0 Å². The molecule has 0 aromatic rings. The van der Waals surface area contributed by atoms with E-state index in [4.69, 9.17) is 4.74 Å². The summed E-state index contributed by atoms with van der Waals surface area (Å²) in [6.07, 6.45) is 1.00. The van der Waals surface area contributed by atoms with Crippen LogP contribution in [0.2, 0.25) is 0 Å². The van der Waals surface area contributed by atoms with Crippen LogP contribution in [0.15, 0.2) is 0 Å². The maximum atomic E-state index is 12.4. The van der Waals surface area contributed by atoms with E-state index in [9.17, 15) is 4.79 Å². The predicted molar refractivity (Wildman–Crippen MR) is 86.5 cm³/mol. The Morgan fingerprint density at radius 3 is 2.33 bits per heavy atom. The third-order valence-corrected chi connectivity index (χ3v) is 4.47. The van der Waals surface area contributed by atoms with E-state index in [-0.39, 0.29) is 5.97 Å². The van der Waals surface area contributed by atoms with Gasteiger partial charge in [-0.25, -0.2) is 0 Å². The molecule has 124 valence electrons. The van der Waals surface area contributed by atoms with Crippen molar-refractivity contribution in [2.24, 2.45) is 0 Å². The second kappa shape index (κ2) is 8.11. The van der Waals surface area contributed by atoms with Crippen LogP contribution in [-0.2, 0) is 9.53 Å². The van der Waals surface area contributed by atoms with E-state index < -0.39 is 5.54 Å².